The van der Waals surface area contributed by atoms with Crippen LogP contribution in [0.1, 0.15) is 37.3 Å². The number of para-hydroxylation sites is 1. The van der Waals surface area contributed by atoms with Crippen molar-refractivity contribution in [2.24, 2.45) is 0 Å². The third-order valence-corrected chi connectivity index (χ3v) is 4.68. The molecular formula is C18H20N2OS. The predicted octanol–water partition coefficient (Wildman–Crippen LogP) is 4.95. The van der Waals surface area contributed by atoms with E-state index in [1.54, 1.807) is 11.3 Å². The zero-order chi connectivity index (χ0) is 15.7. The summed E-state index contributed by atoms with van der Waals surface area (Å²) in [6.07, 6.45) is 0. The van der Waals surface area contributed by atoms with Gasteiger partial charge in [-0.3, -0.25) is 4.79 Å². The smallest absolute Gasteiger partial charge is 0.274 e. The summed E-state index contributed by atoms with van der Waals surface area (Å²) in [6, 6.07) is 14.2. The fourth-order valence-corrected chi connectivity index (χ4v) is 3.67. The molecule has 22 heavy (non-hydrogen) atoms. The van der Waals surface area contributed by atoms with E-state index in [2.05, 4.69) is 29.9 Å². The van der Waals surface area contributed by atoms with E-state index in [-0.39, 0.29) is 11.9 Å². The van der Waals surface area contributed by atoms with Crippen molar-refractivity contribution in [1.82, 2.24) is 4.57 Å². The number of aromatic nitrogens is 1. The second-order valence-electron chi connectivity index (χ2n) is 5.55. The summed E-state index contributed by atoms with van der Waals surface area (Å²) in [4.78, 5) is 14.9. The van der Waals surface area contributed by atoms with Crippen LogP contribution in [0.4, 0.5) is 5.69 Å². The van der Waals surface area contributed by atoms with Gasteiger partial charge in [0.25, 0.3) is 5.91 Å². The summed E-state index contributed by atoms with van der Waals surface area (Å²) in [5.41, 5.74) is 2.85. The lowest BCUT2D eigenvalue weighted by molar-refractivity contribution is 0.0978. The Kier molecular flexibility index (Phi) is 4.03. The molecule has 3 nitrogen and oxygen atoms in total. The van der Waals surface area contributed by atoms with E-state index < -0.39 is 0 Å². The second kappa shape index (κ2) is 5.97. The maximum atomic E-state index is 13.1. The quantitative estimate of drug-likeness (QED) is 0.669. The largest absolute Gasteiger partial charge is 0.333 e. The van der Waals surface area contributed by atoms with Crippen molar-refractivity contribution in [3.63, 3.8) is 0 Å². The number of nitrogens with zero attached hydrogens (tertiary/aromatic N) is 2. The van der Waals surface area contributed by atoms with Crippen LogP contribution >= 0.6 is 11.3 Å². The molecule has 4 heteroatoms. The number of thiophene rings is 1. The Morgan fingerprint density at radius 1 is 1.23 bits per heavy atom. The third-order valence-electron chi connectivity index (χ3n) is 3.83. The molecule has 0 aliphatic heterocycles. The summed E-state index contributed by atoms with van der Waals surface area (Å²) in [6.45, 7) is 6.90. The fourth-order valence-electron chi connectivity index (χ4n) is 2.86. The molecule has 0 atom stereocenters. The molecule has 1 aromatic carbocycles. The summed E-state index contributed by atoms with van der Waals surface area (Å²) >= 11 is 1.68. The molecule has 0 bridgehead atoms. The first-order valence-electron chi connectivity index (χ1n) is 7.58. The highest BCUT2D eigenvalue weighted by Gasteiger charge is 2.23. The summed E-state index contributed by atoms with van der Waals surface area (Å²) in [5, 5.41) is 2.08. The molecule has 0 radical (unpaired) electrons. The molecule has 0 unspecified atom stereocenters. The minimum atomic E-state index is 0.0609. The molecule has 0 aliphatic carbocycles. The number of benzene rings is 1. The SMILES string of the molecule is CCN(C(=O)c1cc2sccc2n1C(C)C)c1ccccc1. The zero-order valence-electron chi connectivity index (χ0n) is 13.1. The van der Waals surface area contributed by atoms with Gasteiger partial charge in [-0.15, -0.1) is 11.3 Å². The van der Waals surface area contributed by atoms with E-state index in [9.17, 15) is 4.79 Å². The number of carbonyl (C=O) groups is 1. The Labute approximate surface area is 134 Å². The molecule has 0 spiro atoms. The van der Waals surface area contributed by atoms with Gasteiger partial charge in [0.1, 0.15) is 5.69 Å². The lowest BCUT2D eigenvalue weighted by Crippen LogP contribution is -2.32. The molecule has 2 aromatic heterocycles. The van der Waals surface area contributed by atoms with Gasteiger partial charge in [-0.25, -0.2) is 0 Å². The topological polar surface area (TPSA) is 25.2 Å². The third kappa shape index (κ3) is 2.44. The minimum Gasteiger partial charge on any atom is -0.333 e. The number of carbonyl (C=O) groups excluding carboxylic acids is 1. The number of hydrogen-bond acceptors (Lipinski definition) is 2. The molecule has 3 aromatic rings. The number of amides is 1. The van der Waals surface area contributed by atoms with Crippen LogP contribution in [-0.4, -0.2) is 17.0 Å². The van der Waals surface area contributed by atoms with Gasteiger partial charge in [-0.05, 0) is 50.4 Å². The van der Waals surface area contributed by atoms with Crippen LogP contribution in [0.15, 0.2) is 47.8 Å². The molecule has 1 amide bonds. The minimum absolute atomic E-state index is 0.0609. The van der Waals surface area contributed by atoms with Gasteiger partial charge in [0, 0.05) is 18.3 Å². The lowest BCUT2D eigenvalue weighted by Gasteiger charge is -2.23. The highest BCUT2D eigenvalue weighted by molar-refractivity contribution is 7.17. The van der Waals surface area contributed by atoms with E-state index in [4.69, 9.17) is 0 Å². The number of fused-ring (bicyclic) bond motifs is 1. The Hall–Kier alpha value is -2.07. The lowest BCUT2D eigenvalue weighted by atomic mass is 10.2. The average molecular weight is 312 g/mol. The first-order chi connectivity index (χ1) is 10.6. The molecule has 114 valence electrons. The van der Waals surface area contributed by atoms with Gasteiger partial charge in [0.15, 0.2) is 0 Å². The van der Waals surface area contributed by atoms with Crippen molar-refractivity contribution in [2.75, 3.05) is 11.4 Å². The van der Waals surface area contributed by atoms with Crippen LogP contribution in [0.3, 0.4) is 0 Å². The van der Waals surface area contributed by atoms with Crippen LogP contribution in [-0.2, 0) is 0 Å². The highest BCUT2D eigenvalue weighted by Crippen LogP contribution is 2.30. The van der Waals surface area contributed by atoms with Crippen molar-refractivity contribution in [1.29, 1.82) is 0 Å². The Morgan fingerprint density at radius 3 is 2.59 bits per heavy atom. The van der Waals surface area contributed by atoms with E-state index in [1.807, 2.05) is 48.2 Å². The van der Waals surface area contributed by atoms with E-state index in [0.29, 0.717) is 6.54 Å². The number of anilines is 1. The van der Waals surface area contributed by atoms with Crippen molar-refractivity contribution in [2.45, 2.75) is 26.8 Å². The maximum Gasteiger partial charge on any atom is 0.274 e. The molecule has 0 saturated carbocycles. The van der Waals surface area contributed by atoms with Gasteiger partial charge in [0.2, 0.25) is 0 Å². The van der Waals surface area contributed by atoms with Crippen LogP contribution in [0.25, 0.3) is 10.2 Å². The molecule has 0 aliphatic rings. The van der Waals surface area contributed by atoms with Gasteiger partial charge in [-0.2, -0.15) is 0 Å². The van der Waals surface area contributed by atoms with Gasteiger partial charge >= 0.3 is 0 Å². The van der Waals surface area contributed by atoms with Crippen molar-refractivity contribution in [3.8, 4) is 0 Å². The Morgan fingerprint density at radius 2 is 1.95 bits per heavy atom. The Balaban J connectivity index is 2.08. The van der Waals surface area contributed by atoms with Crippen LogP contribution in [0.5, 0.6) is 0 Å². The monoisotopic (exact) mass is 312 g/mol. The van der Waals surface area contributed by atoms with Crippen molar-refractivity contribution in [3.05, 3.63) is 53.5 Å². The highest BCUT2D eigenvalue weighted by atomic mass is 32.1. The van der Waals surface area contributed by atoms with Gasteiger partial charge in [0.05, 0.1) is 10.2 Å². The summed E-state index contributed by atoms with van der Waals surface area (Å²) < 4.78 is 3.31. The second-order valence-corrected chi connectivity index (χ2v) is 6.50. The molecular weight excluding hydrogens is 292 g/mol. The standard InChI is InChI=1S/C18H20N2OS/c1-4-19(14-8-6-5-7-9-14)18(21)16-12-17-15(10-11-22-17)20(16)13(2)3/h5-13H,4H2,1-3H3. The molecule has 3 rings (SSSR count). The summed E-state index contributed by atoms with van der Waals surface area (Å²) in [5.74, 6) is 0.0609. The van der Waals surface area contributed by atoms with Gasteiger partial charge in [-0.1, -0.05) is 18.2 Å². The number of hydrogen-bond donors (Lipinski definition) is 0. The first-order valence-corrected chi connectivity index (χ1v) is 8.46. The predicted molar refractivity (Wildman–Crippen MR) is 94.0 cm³/mol. The average Bonchev–Trinajstić information content (AvgIpc) is 3.08. The van der Waals surface area contributed by atoms with Gasteiger partial charge < -0.3 is 9.47 Å². The van der Waals surface area contributed by atoms with E-state index >= 15 is 0 Å². The zero-order valence-corrected chi connectivity index (χ0v) is 13.9. The van der Waals surface area contributed by atoms with E-state index in [1.165, 1.54) is 4.70 Å². The molecule has 0 saturated heterocycles. The van der Waals surface area contributed by atoms with Crippen molar-refractivity contribution >= 4 is 33.1 Å². The van der Waals surface area contributed by atoms with E-state index in [0.717, 1.165) is 16.9 Å². The van der Waals surface area contributed by atoms with Crippen LogP contribution < -0.4 is 4.90 Å². The molecule has 2 heterocycles. The molecule has 0 N–H and O–H groups in total. The van der Waals surface area contributed by atoms with Crippen molar-refractivity contribution < 1.29 is 4.79 Å². The van der Waals surface area contributed by atoms with Crippen LogP contribution in [0, 0.1) is 0 Å². The Bertz CT molecular complexity index is 786. The van der Waals surface area contributed by atoms with Crippen LogP contribution in [0.2, 0.25) is 0 Å². The number of rotatable bonds is 4. The maximum absolute atomic E-state index is 13.1. The molecule has 0 fully saturated rings. The first kappa shape index (κ1) is 14.9. The fraction of sp³-hybridized carbons (Fsp3) is 0.278. The normalized spacial score (nSPS) is 11.3. The summed E-state index contributed by atoms with van der Waals surface area (Å²) in [7, 11) is 0.